The lowest BCUT2D eigenvalue weighted by molar-refractivity contribution is -0.384. The Hall–Kier alpha value is -3.48. The van der Waals surface area contributed by atoms with E-state index in [-0.39, 0.29) is 17.5 Å². The van der Waals surface area contributed by atoms with Gasteiger partial charge in [0.1, 0.15) is 0 Å². The summed E-state index contributed by atoms with van der Waals surface area (Å²) >= 11 is 0. The predicted molar refractivity (Wildman–Crippen MR) is 104 cm³/mol. The Labute approximate surface area is 157 Å². The number of benzene rings is 2. The van der Waals surface area contributed by atoms with Crippen LogP contribution >= 0.6 is 0 Å². The van der Waals surface area contributed by atoms with Gasteiger partial charge in [-0.2, -0.15) is 0 Å². The highest BCUT2D eigenvalue weighted by Gasteiger charge is 2.12. The van der Waals surface area contributed by atoms with Gasteiger partial charge in [-0.15, -0.1) is 0 Å². The number of amides is 2. The maximum absolute atomic E-state index is 12.3. The van der Waals surface area contributed by atoms with Crippen LogP contribution in [0.4, 0.5) is 11.4 Å². The standard InChI is InChI=1S/C20H21N3O4/c1-3-22(4-2)20(25)16-9-11-17(12-10-16)21-19(24)13-8-15-6-5-7-18(14-15)23(26)27/h5-14H,3-4H2,1-2H3,(H,21,24)/b13-8+. The van der Waals surface area contributed by atoms with Crippen LogP contribution in [0.15, 0.2) is 54.6 Å². The molecule has 0 aliphatic carbocycles. The fourth-order valence-electron chi connectivity index (χ4n) is 2.49. The Morgan fingerprint density at radius 1 is 1.11 bits per heavy atom. The first kappa shape index (κ1) is 19.8. The number of nitrogens with zero attached hydrogens (tertiary/aromatic N) is 2. The second-order valence-corrected chi connectivity index (χ2v) is 5.73. The third kappa shape index (κ3) is 5.50. The van der Waals surface area contributed by atoms with E-state index < -0.39 is 4.92 Å². The molecule has 1 N–H and O–H groups in total. The molecule has 0 spiro atoms. The van der Waals surface area contributed by atoms with E-state index in [0.29, 0.717) is 29.9 Å². The molecule has 0 fully saturated rings. The van der Waals surface area contributed by atoms with E-state index in [0.717, 1.165) is 0 Å². The third-order valence-corrected chi connectivity index (χ3v) is 3.96. The van der Waals surface area contributed by atoms with Gasteiger partial charge in [-0.05, 0) is 49.8 Å². The van der Waals surface area contributed by atoms with Crippen LogP contribution in [-0.2, 0) is 4.79 Å². The Bertz CT molecular complexity index is 856. The van der Waals surface area contributed by atoms with Crippen LogP contribution in [-0.4, -0.2) is 34.7 Å². The molecule has 2 aromatic rings. The van der Waals surface area contributed by atoms with Crippen LogP contribution in [0.5, 0.6) is 0 Å². The van der Waals surface area contributed by atoms with Crippen molar-refractivity contribution in [3.8, 4) is 0 Å². The van der Waals surface area contributed by atoms with Gasteiger partial charge >= 0.3 is 0 Å². The van der Waals surface area contributed by atoms with Gasteiger partial charge in [0.15, 0.2) is 0 Å². The summed E-state index contributed by atoms with van der Waals surface area (Å²) in [4.78, 5) is 36.3. The van der Waals surface area contributed by atoms with Gasteiger partial charge in [0.2, 0.25) is 5.91 Å². The summed E-state index contributed by atoms with van der Waals surface area (Å²) in [7, 11) is 0. The first-order chi connectivity index (χ1) is 12.9. The molecule has 2 rings (SSSR count). The molecule has 2 aromatic carbocycles. The number of carbonyl (C=O) groups is 2. The Morgan fingerprint density at radius 2 is 1.78 bits per heavy atom. The summed E-state index contributed by atoms with van der Waals surface area (Å²) in [6, 6.07) is 12.7. The molecule has 0 aliphatic rings. The number of carbonyl (C=O) groups excluding carboxylic acids is 2. The number of non-ortho nitro benzene ring substituents is 1. The van der Waals surface area contributed by atoms with Crippen LogP contribution in [0.25, 0.3) is 6.08 Å². The van der Waals surface area contributed by atoms with Crippen molar-refractivity contribution < 1.29 is 14.5 Å². The monoisotopic (exact) mass is 367 g/mol. The summed E-state index contributed by atoms with van der Waals surface area (Å²) in [6.07, 6.45) is 2.80. The van der Waals surface area contributed by atoms with Crippen molar-refractivity contribution >= 4 is 29.3 Å². The van der Waals surface area contributed by atoms with Crippen LogP contribution in [0.1, 0.15) is 29.8 Å². The molecule has 0 bridgehead atoms. The van der Waals surface area contributed by atoms with Gasteiger partial charge in [-0.1, -0.05) is 12.1 Å². The van der Waals surface area contributed by atoms with E-state index in [4.69, 9.17) is 0 Å². The Morgan fingerprint density at radius 3 is 2.37 bits per heavy atom. The highest BCUT2D eigenvalue weighted by atomic mass is 16.6. The number of hydrogen-bond donors (Lipinski definition) is 1. The maximum atomic E-state index is 12.3. The molecule has 2 amide bonds. The first-order valence-electron chi connectivity index (χ1n) is 8.57. The number of hydrogen-bond acceptors (Lipinski definition) is 4. The fourth-order valence-corrected chi connectivity index (χ4v) is 2.49. The van der Waals surface area contributed by atoms with Crippen molar-refractivity contribution in [2.45, 2.75) is 13.8 Å². The molecule has 27 heavy (non-hydrogen) atoms. The molecule has 0 unspecified atom stereocenters. The third-order valence-electron chi connectivity index (χ3n) is 3.96. The molecule has 0 atom stereocenters. The molecule has 0 aliphatic heterocycles. The molecule has 0 aromatic heterocycles. The lowest BCUT2D eigenvalue weighted by Crippen LogP contribution is -2.30. The minimum Gasteiger partial charge on any atom is -0.339 e. The second-order valence-electron chi connectivity index (χ2n) is 5.73. The molecule has 0 heterocycles. The number of rotatable bonds is 7. The Balaban J connectivity index is 2.00. The number of nitro groups is 1. The highest BCUT2D eigenvalue weighted by Crippen LogP contribution is 2.15. The minimum absolute atomic E-state index is 0.0361. The summed E-state index contributed by atoms with van der Waals surface area (Å²) in [5.74, 6) is -0.423. The van der Waals surface area contributed by atoms with Crippen LogP contribution in [0.2, 0.25) is 0 Å². The molecule has 7 heteroatoms. The number of nitrogens with one attached hydrogen (secondary N) is 1. The van der Waals surface area contributed by atoms with Crippen molar-refractivity contribution in [2.24, 2.45) is 0 Å². The summed E-state index contributed by atoms with van der Waals surface area (Å²) in [5.41, 5.74) is 1.63. The van der Waals surface area contributed by atoms with Crippen molar-refractivity contribution in [2.75, 3.05) is 18.4 Å². The van der Waals surface area contributed by atoms with E-state index >= 15 is 0 Å². The lowest BCUT2D eigenvalue weighted by atomic mass is 10.1. The maximum Gasteiger partial charge on any atom is 0.270 e. The van der Waals surface area contributed by atoms with E-state index in [1.165, 1.54) is 24.3 Å². The van der Waals surface area contributed by atoms with Crippen LogP contribution < -0.4 is 5.32 Å². The smallest absolute Gasteiger partial charge is 0.270 e. The summed E-state index contributed by atoms with van der Waals surface area (Å²) < 4.78 is 0. The van der Waals surface area contributed by atoms with Gasteiger partial charge in [-0.25, -0.2) is 0 Å². The van der Waals surface area contributed by atoms with Gasteiger partial charge in [0.05, 0.1) is 4.92 Å². The normalized spacial score (nSPS) is 10.6. The number of anilines is 1. The average molecular weight is 367 g/mol. The molecule has 140 valence electrons. The summed E-state index contributed by atoms with van der Waals surface area (Å²) in [6.45, 7) is 5.11. The molecule has 7 nitrogen and oxygen atoms in total. The Kier molecular flexibility index (Phi) is 6.82. The van der Waals surface area contributed by atoms with Gasteiger partial charge in [0, 0.05) is 42.5 Å². The van der Waals surface area contributed by atoms with E-state index in [2.05, 4.69) is 5.32 Å². The summed E-state index contributed by atoms with van der Waals surface area (Å²) in [5, 5.41) is 13.5. The van der Waals surface area contributed by atoms with E-state index in [1.807, 2.05) is 13.8 Å². The van der Waals surface area contributed by atoms with Crippen LogP contribution in [0.3, 0.4) is 0 Å². The van der Waals surface area contributed by atoms with Crippen molar-refractivity contribution in [3.05, 3.63) is 75.8 Å². The zero-order valence-electron chi connectivity index (χ0n) is 15.2. The van der Waals surface area contributed by atoms with Crippen molar-refractivity contribution in [1.82, 2.24) is 4.90 Å². The molecule has 0 saturated carbocycles. The van der Waals surface area contributed by atoms with Gasteiger partial charge in [0.25, 0.3) is 11.6 Å². The minimum atomic E-state index is -0.488. The van der Waals surface area contributed by atoms with Crippen molar-refractivity contribution in [3.63, 3.8) is 0 Å². The molecular formula is C20H21N3O4. The number of nitro benzene ring substituents is 1. The van der Waals surface area contributed by atoms with Gasteiger partial charge in [-0.3, -0.25) is 19.7 Å². The van der Waals surface area contributed by atoms with Crippen LogP contribution in [0, 0.1) is 10.1 Å². The highest BCUT2D eigenvalue weighted by molar-refractivity contribution is 6.02. The fraction of sp³-hybridized carbons (Fsp3) is 0.200. The quantitative estimate of drug-likeness (QED) is 0.458. The van der Waals surface area contributed by atoms with Crippen molar-refractivity contribution in [1.29, 1.82) is 0 Å². The largest absolute Gasteiger partial charge is 0.339 e. The first-order valence-corrected chi connectivity index (χ1v) is 8.57. The second kappa shape index (κ2) is 9.28. The SMILES string of the molecule is CCN(CC)C(=O)c1ccc(NC(=O)/C=C/c2cccc([N+](=O)[O-])c2)cc1. The molecular weight excluding hydrogens is 346 g/mol. The predicted octanol–water partition coefficient (Wildman–Crippen LogP) is 3.73. The zero-order valence-corrected chi connectivity index (χ0v) is 15.2. The lowest BCUT2D eigenvalue weighted by Gasteiger charge is -2.18. The zero-order chi connectivity index (χ0) is 19.8. The topological polar surface area (TPSA) is 92.6 Å². The van der Waals surface area contributed by atoms with E-state index in [1.54, 1.807) is 41.3 Å². The average Bonchev–Trinajstić information content (AvgIpc) is 2.68. The van der Waals surface area contributed by atoms with E-state index in [9.17, 15) is 19.7 Å². The molecule has 0 saturated heterocycles. The molecule has 0 radical (unpaired) electrons. The van der Waals surface area contributed by atoms with Gasteiger partial charge < -0.3 is 10.2 Å².